The summed E-state index contributed by atoms with van der Waals surface area (Å²) in [6.45, 7) is 4.44. The molecule has 0 heterocycles. The minimum atomic E-state index is -0.274. The van der Waals surface area contributed by atoms with Crippen LogP contribution in [0.3, 0.4) is 0 Å². The summed E-state index contributed by atoms with van der Waals surface area (Å²) >= 11 is 0. The first-order valence-electron chi connectivity index (χ1n) is 12.3. The molecule has 36 heavy (non-hydrogen) atoms. The second-order valence-electron chi connectivity index (χ2n) is 8.66. The van der Waals surface area contributed by atoms with Gasteiger partial charge in [0.1, 0.15) is 12.4 Å². The van der Waals surface area contributed by atoms with E-state index in [1.807, 2.05) is 79.7 Å². The van der Waals surface area contributed by atoms with Crippen molar-refractivity contribution in [3.63, 3.8) is 0 Å². The summed E-state index contributed by atoms with van der Waals surface area (Å²) in [6.07, 6.45) is 0.636. The Morgan fingerprint density at radius 2 is 1.64 bits per heavy atom. The monoisotopic (exact) mass is 481 g/mol. The lowest BCUT2D eigenvalue weighted by Gasteiger charge is -2.19. The minimum absolute atomic E-state index is 0.184. The van der Waals surface area contributed by atoms with Gasteiger partial charge in [-0.15, -0.1) is 0 Å². The predicted molar refractivity (Wildman–Crippen MR) is 142 cm³/mol. The van der Waals surface area contributed by atoms with Crippen molar-refractivity contribution in [3.8, 4) is 5.75 Å². The van der Waals surface area contributed by atoms with Crippen molar-refractivity contribution in [1.82, 2.24) is 5.32 Å². The average molecular weight is 482 g/mol. The lowest BCUT2D eigenvalue weighted by atomic mass is 9.97. The maximum Gasteiger partial charge on any atom is 0.306 e. The van der Waals surface area contributed by atoms with Gasteiger partial charge in [0.2, 0.25) is 0 Å². The molecule has 1 N–H and O–H groups in total. The Kier molecular flexibility index (Phi) is 8.35. The fourth-order valence-corrected chi connectivity index (χ4v) is 4.28. The molecule has 0 aliphatic heterocycles. The summed E-state index contributed by atoms with van der Waals surface area (Å²) in [6, 6.07) is 29.3. The minimum Gasteiger partial charge on any atom is -0.489 e. The average Bonchev–Trinajstić information content (AvgIpc) is 2.91. The van der Waals surface area contributed by atoms with Gasteiger partial charge in [0.05, 0.1) is 12.6 Å². The zero-order chi connectivity index (χ0) is 25.3. The van der Waals surface area contributed by atoms with Gasteiger partial charge in [0.25, 0.3) is 5.91 Å². The normalized spacial score (nSPS) is 11.6. The number of carbonyl (C=O) groups is 2. The van der Waals surface area contributed by atoms with Crippen LogP contribution in [0.4, 0.5) is 0 Å². The third-order valence-electron chi connectivity index (χ3n) is 6.11. The molecule has 1 atom stereocenters. The number of para-hydroxylation sites is 1. The number of rotatable bonds is 10. The van der Waals surface area contributed by atoms with Gasteiger partial charge < -0.3 is 14.8 Å². The van der Waals surface area contributed by atoms with Crippen LogP contribution >= 0.6 is 0 Å². The first-order chi connectivity index (χ1) is 17.5. The Morgan fingerprint density at radius 3 is 2.44 bits per heavy atom. The number of fused-ring (bicyclic) bond motifs is 1. The molecule has 1 amide bonds. The molecule has 0 aromatic heterocycles. The highest BCUT2D eigenvalue weighted by Crippen LogP contribution is 2.25. The zero-order valence-electron chi connectivity index (χ0n) is 20.7. The zero-order valence-corrected chi connectivity index (χ0v) is 20.7. The van der Waals surface area contributed by atoms with E-state index in [2.05, 4.69) is 23.5 Å². The van der Waals surface area contributed by atoms with Crippen LogP contribution < -0.4 is 10.1 Å². The van der Waals surface area contributed by atoms with E-state index in [1.165, 1.54) is 0 Å². The molecule has 0 spiro atoms. The molecule has 5 heteroatoms. The fraction of sp³-hybridized carbons (Fsp3) is 0.226. The fourth-order valence-electron chi connectivity index (χ4n) is 4.28. The summed E-state index contributed by atoms with van der Waals surface area (Å²) in [4.78, 5) is 25.5. The molecule has 0 aliphatic carbocycles. The van der Waals surface area contributed by atoms with E-state index in [9.17, 15) is 9.59 Å². The molecule has 5 nitrogen and oxygen atoms in total. The van der Waals surface area contributed by atoms with Crippen LogP contribution in [0, 0.1) is 0 Å². The second kappa shape index (κ2) is 12.0. The second-order valence-corrected chi connectivity index (χ2v) is 8.66. The summed E-state index contributed by atoms with van der Waals surface area (Å²) in [7, 11) is 0. The van der Waals surface area contributed by atoms with Crippen molar-refractivity contribution in [2.75, 3.05) is 6.61 Å². The van der Waals surface area contributed by atoms with E-state index in [-0.39, 0.29) is 24.3 Å². The van der Waals surface area contributed by atoms with Crippen LogP contribution in [0.2, 0.25) is 0 Å². The first-order valence-corrected chi connectivity index (χ1v) is 12.3. The van der Waals surface area contributed by atoms with Crippen molar-refractivity contribution in [2.24, 2.45) is 0 Å². The molecule has 4 aromatic carbocycles. The number of nitrogens with one attached hydrogen (secondary N) is 1. The molecule has 1 unspecified atom stereocenters. The van der Waals surface area contributed by atoms with Gasteiger partial charge in [-0.3, -0.25) is 9.59 Å². The largest absolute Gasteiger partial charge is 0.489 e. The number of benzene rings is 4. The van der Waals surface area contributed by atoms with Gasteiger partial charge in [-0.05, 0) is 65.9 Å². The highest BCUT2D eigenvalue weighted by atomic mass is 16.5. The van der Waals surface area contributed by atoms with Gasteiger partial charge in [-0.1, -0.05) is 72.8 Å². The van der Waals surface area contributed by atoms with E-state index in [0.717, 1.165) is 33.2 Å². The van der Waals surface area contributed by atoms with E-state index in [4.69, 9.17) is 9.47 Å². The van der Waals surface area contributed by atoms with E-state index < -0.39 is 0 Å². The number of aryl methyl sites for hydroxylation is 1. The Bertz CT molecular complexity index is 1330. The van der Waals surface area contributed by atoms with Crippen molar-refractivity contribution in [2.45, 2.75) is 39.3 Å². The van der Waals surface area contributed by atoms with E-state index >= 15 is 0 Å². The number of amides is 1. The predicted octanol–water partition coefficient (Wildman–Crippen LogP) is 6.41. The van der Waals surface area contributed by atoms with Crippen molar-refractivity contribution < 1.29 is 19.1 Å². The number of hydrogen-bond acceptors (Lipinski definition) is 4. The number of carbonyl (C=O) groups excluding carboxylic acids is 2. The molecule has 0 bridgehead atoms. The smallest absolute Gasteiger partial charge is 0.306 e. The summed E-state index contributed by atoms with van der Waals surface area (Å²) in [5.41, 5.74) is 3.27. The number of hydrogen-bond donors (Lipinski definition) is 1. The van der Waals surface area contributed by atoms with E-state index in [1.54, 1.807) is 6.92 Å². The Hall–Kier alpha value is -4.12. The Morgan fingerprint density at radius 1 is 0.889 bits per heavy atom. The molecule has 0 radical (unpaired) electrons. The van der Waals surface area contributed by atoms with Crippen molar-refractivity contribution in [1.29, 1.82) is 0 Å². The SMILES string of the molecule is CCOC(=O)CCc1ccc(COc2ccccc2)cc1C(=O)NC(C)c1cccc2ccccc12. The summed E-state index contributed by atoms with van der Waals surface area (Å²) < 4.78 is 11.0. The van der Waals surface area contributed by atoms with Crippen LogP contribution in [-0.4, -0.2) is 18.5 Å². The van der Waals surface area contributed by atoms with Crippen molar-refractivity contribution in [3.05, 3.63) is 113 Å². The molecule has 184 valence electrons. The highest BCUT2D eigenvalue weighted by molar-refractivity contribution is 5.97. The number of esters is 1. The van der Waals surface area contributed by atoms with Gasteiger partial charge in [0, 0.05) is 12.0 Å². The number of ether oxygens (including phenoxy) is 2. The van der Waals surface area contributed by atoms with Crippen molar-refractivity contribution >= 4 is 22.6 Å². The van der Waals surface area contributed by atoms with Gasteiger partial charge >= 0.3 is 5.97 Å². The molecular weight excluding hydrogens is 450 g/mol. The molecule has 0 saturated carbocycles. The molecule has 0 saturated heterocycles. The van der Waals surface area contributed by atoms with Crippen LogP contribution in [-0.2, 0) is 22.6 Å². The third-order valence-corrected chi connectivity index (χ3v) is 6.11. The van der Waals surface area contributed by atoms with Crippen LogP contribution in [0.15, 0.2) is 91.0 Å². The van der Waals surface area contributed by atoms with Gasteiger partial charge in [-0.25, -0.2) is 0 Å². The molecule has 0 fully saturated rings. The Labute approximate surface area is 212 Å². The quantitative estimate of drug-likeness (QED) is 0.266. The van der Waals surface area contributed by atoms with Gasteiger partial charge in [0.15, 0.2) is 0 Å². The first kappa shape index (κ1) is 25.0. The summed E-state index contributed by atoms with van der Waals surface area (Å²) in [5.74, 6) is 0.305. The maximum atomic E-state index is 13.5. The third kappa shape index (κ3) is 6.30. The summed E-state index contributed by atoms with van der Waals surface area (Å²) in [5, 5.41) is 5.41. The maximum absolute atomic E-state index is 13.5. The standard InChI is InChI=1S/C31H31NO4/c1-3-35-30(33)19-18-25-17-16-23(21-36-26-12-5-4-6-13-26)20-29(25)31(34)32-22(2)27-15-9-11-24-10-7-8-14-28(24)27/h4-17,20,22H,3,18-19,21H2,1-2H3,(H,32,34). The lowest BCUT2D eigenvalue weighted by Crippen LogP contribution is -2.28. The lowest BCUT2D eigenvalue weighted by molar-refractivity contribution is -0.143. The van der Waals surface area contributed by atoms with E-state index in [0.29, 0.717) is 25.2 Å². The highest BCUT2D eigenvalue weighted by Gasteiger charge is 2.18. The Balaban J connectivity index is 1.56. The van der Waals surface area contributed by atoms with Crippen LogP contribution in [0.25, 0.3) is 10.8 Å². The molecular formula is C31H31NO4. The van der Waals surface area contributed by atoms with Crippen LogP contribution in [0.1, 0.15) is 53.4 Å². The van der Waals surface area contributed by atoms with Crippen LogP contribution in [0.5, 0.6) is 5.75 Å². The molecule has 4 aromatic rings. The topological polar surface area (TPSA) is 64.6 Å². The molecule has 4 rings (SSSR count). The van der Waals surface area contributed by atoms with Gasteiger partial charge in [-0.2, -0.15) is 0 Å². The molecule has 0 aliphatic rings.